The molecular weight excluding hydrogens is 401 g/mol. The molecule has 3 aromatic rings. The van der Waals surface area contributed by atoms with Crippen LogP contribution in [-0.2, 0) is 4.79 Å². The fraction of sp³-hybridized carbons (Fsp3) is 0.227. The highest BCUT2D eigenvalue weighted by Crippen LogP contribution is 2.25. The maximum atomic E-state index is 13.1. The number of rotatable bonds is 5. The van der Waals surface area contributed by atoms with E-state index >= 15 is 0 Å². The molecule has 2 heterocycles. The molecule has 0 saturated carbocycles. The molecule has 0 radical (unpaired) electrons. The van der Waals surface area contributed by atoms with E-state index in [9.17, 15) is 19.3 Å². The lowest BCUT2D eigenvalue weighted by Crippen LogP contribution is -2.41. The number of anilines is 2. The molecule has 2 aromatic carbocycles. The molecule has 9 heteroatoms. The average molecular weight is 421 g/mol. The fourth-order valence-electron chi connectivity index (χ4n) is 3.61. The lowest BCUT2D eigenvalue weighted by molar-refractivity contribution is -0.384. The first-order chi connectivity index (χ1) is 15.0. The van der Waals surface area contributed by atoms with Crippen LogP contribution >= 0.6 is 0 Å². The molecule has 1 atom stereocenters. The third-order valence-electron chi connectivity index (χ3n) is 5.23. The van der Waals surface area contributed by atoms with E-state index in [1.165, 1.54) is 24.3 Å². The number of carbonyl (C=O) groups excluding carboxylic acids is 1. The molecule has 0 bridgehead atoms. The van der Waals surface area contributed by atoms with E-state index in [0.29, 0.717) is 23.7 Å². The van der Waals surface area contributed by atoms with E-state index in [4.69, 9.17) is 0 Å². The van der Waals surface area contributed by atoms with Crippen LogP contribution in [0.2, 0.25) is 0 Å². The van der Waals surface area contributed by atoms with Crippen LogP contribution in [0.25, 0.3) is 11.3 Å². The number of nitrogens with zero attached hydrogens (tertiary/aromatic N) is 4. The number of benzene rings is 2. The maximum Gasteiger partial charge on any atom is 0.271 e. The van der Waals surface area contributed by atoms with Gasteiger partial charge in [0.1, 0.15) is 5.82 Å². The number of amides is 1. The number of nitro groups is 1. The molecule has 1 fully saturated rings. The van der Waals surface area contributed by atoms with Crippen molar-refractivity contribution in [1.29, 1.82) is 0 Å². The molecule has 1 aromatic heterocycles. The van der Waals surface area contributed by atoms with Crippen LogP contribution in [0.15, 0.2) is 60.7 Å². The first-order valence-electron chi connectivity index (χ1n) is 9.89. The van der Waals surface area contributed by atoms with Crippen molar-refractivity contribution in [2.75, 3.05) is 23.3 Å². The molecule has 1 saturated heterocycles. The number of carbonyl (C=O) groups is 1. The number of aromatic nitrogens is 2. The van der Waals surface area contributed by atoms with Gasteiger partial charge in [0.05, 0.1) is 16.5 Å². The average Bonchev–Trinajstić information content (AvgIpc) is 2.80. The zero-order valence-electron chi connectivity index (χ0n) is 16.6. The number of hydrogen-bond donors (Lipinski definition) is 1. The molecule has 31 heavy (non-hydrogen) atoms. The summed E-state index contributed by atoms with van der Waals surface area (Å²) < 4.78 is 13.1. The minimum Gasteiger partial charge on any atom is -0.354 e. The Morgan fingerprint density at radius 2 is 1.94 bits per heavy atom. The Bertz CT molecular complexity index is 1090. The number of halogens is 1. The third-order valence-corrected chi connectivity index (χ3v) is 5.23. The zero-order valence-corrected chi connectivity index (χ0v) is 16.6. The van der Waals surface area contributed by atoms with Crippen LogP contribution in [0.1, 0.15) is 12.8 Å². The van der Waals surface area contributed by atoms with E-state index in [1.54, 1.807) is 24.3 Å². The Hall–Kier alpha value is -3.88. The van der Waals surface area contributed by atoms with Crippen molar-refractivity contribution in [2.24, 2.45) is 5.92 Å². The van der Waals surface area contributed by atoms with Gasteiger partial charge < -0.3 is 10.2 Å². The molecule has 4 rings (SSSR count). The quantitative estimate of drug-likeness (QED) is 0.493. The third kappa shape index (κ3) is 4.82. The molecule has 1 aliphatic rings. The van der Waals surface area contributed by atoms with Gasteiger partial charge in [-0.3, -0.25) is 14.9 Å². The van der Waals surface area contributed by atoms with E-state index in [-0.39, 0.29) is 23.3 Å². The molecule has 0 spiro atoms. The Kier molecular flexibility index (Phi) is 5.83. The molecule has 1 aliphatic heterocycles. The van der Waals surface area contributed by atoms with Gasteiger partial charge in [0.15, 0.2) is 5.82 Å². The smallest absolute Gasteiger partial charge is 0.271 e. The second-order valence-corrected chi connectivity index (χ2v) is 7.37. The van der Waals surface area contributed by atoms with Crippen molar-refractivity contribution in [3.05, 3.63) is 76.6 Å². The van der Waals surface area contributed by atoms with Crippen molar-refractivity contribution in [3.8, 4) is 11.3 Å². The second kappa shape index (κ2) is 8.86. The predicted molar refractivity (Wildman–Crippen MR) is 114 cm³/mol. The van der Waals surface area contributed by atoms with Crippen molar-refractivity contribution in [2.45, 2.75) is 12.8 Å². The van der Waals surface area contributed by atoms with Crippen LogP contribution in [-0.4, -0.2) is 34.1 Å². The van der Waals surface area contributed by atoms with Gasteiger partial charge >= 0.3 is 0 Å². The summed E-state index contributed by atoms with van der Waals surface area (Å²) in [7, 11) is 0. The summed E-state index contributed by atoms with van der Waals surface area (Å²) >= 11 is 0. The summed E-state index contributed by atoms with van der Waals surface area (Å²) in [6, 6.07) is 15.6. The van der Waals surface area contributed by atoms with Gasteiger partial charge in [-0.1, -0.05) is 6.07 Å². The van der Waals surface area contributed by atoms with Crippen LogP contribution in [0.5, 0.6) is 0 Å². The summed E-state index contributed by atoms with van der Waals surface area (Å²) in [5.74, 6) is -0.0949. The normalized spacial score (nSPS) is 16.0. The molecule has 8 nitrogen and oxygen atoms in total. The van der Waals surface area contributed by atoms with Gasteiger partial charge in [0.2, 0.25) is 5.91 Å². The van der Waals surface area contributed by atoms with Gasteiger partial charge in [-0.2, -0.15) is 0 Å². The highest BCUT2D eigenvalue weighted by molar-refractivity contribution is 5.93. The van der Waals surface area contributed by atoms with Gasteiger partial charge in [-0.25, -0.2) is 4.39 Å². The van der Waals surface area contributed by atoms with E-state index in [0.717, 1.165) is 24.9 Å². The molecule has 1 unspecified atom stereocenters. The number of nitrogens with one attached hydrogen (secondary N) is 1. The summed E-state index contributed by atoms with van der Waals surface area (Å²) in [5.41, 5.74) is 1.74. The monoisotopic (exact) mass is 421 g/mol. The number of hydrogen-bond acceptors (Lipinski definition) is 6. The van der Waals surface area contributed by atoms with Gasteiger partial charge in [-0.15, -0.1) is 10.2 Å². The van der Waals surface area contributed by atoms with Crippen molar-refractivity contribution in [1.82, 2.24) is 10.2 Å². The summed E-state index contributed by atoms with van der Waals surface area (Å²) in [6.45, 7) is 1.23. The van der Waals surface area contributed by atoms with E-state index < -0.39 is 4.92 Å². The van der Waals surface area contributed by atoms with Crippen LogP contribution < -0.4 is 10.2 Å². The Morgan fingerprint density at radius 1 is 1.13 bits per heavy atom. The Labute approximate surface area is 177 Å². The predicted octanol–water partition coefficient (Wildman–Crippen LogP) is 4.05. The lowest BCUT2D eigenvalue weighted by Gasteiger charge is -2.32. The Balaban J connectivity index is 1.42. The van der Waals surface area contributed by atoms with Gasteiger partial charge in [0, 0.05) is 36.5 Å². The minimum atomic E-state index is -0.494. The standard InChI is InChI=1S/C22H20FN5O3/c23-17-8-6-15(7-9-17)20-10-11-21(26-25-20)27-12-2-3-16(14-27)22(29)24-18-4-1-5-19(13-18)28(30)31/h1,4-11,13,16H,2-3,12,14H2,(H,24,29). The van der Waals surface area contributed by atoms with Crippen LogP contribution in [0.4, 0.5) is 21.6 Å². The lowest BCUT2D eigenvalue weighted by atomic mass is 9.97. The zero-order chi connectivity index (χ0) is 21.8. The van der Waals surface area contributed by atoms with Crippen LogP contribution in [0, 0.1) is 21.8 Å². The molecular formula is C22H20FN5O3. The largest absolute Gasteiger partial charge is 0.354 e. The van der Waals surface area contributed by atoms with Crippen LogP contribution in [0.3, 0.4) is 0 Å². The van der Waals surface area contributed by atoms with E-state index in [2.05, 4.69) is 15.5 Å². The molecule has 0 aliphatic carbocycles. The van der Waals surface area contributed by atoms with E-state index in [1.807, 2.05) is 17.0 Å². The van der Waals surface area contributed by atoms with Crippen molar-refractivity contribution < 1.29 is 14.1 Å². The summed E-state index contributed by atoms with van der Waals surface area (Å²) in [6.07, 6.45) is 1.53. The SMILES string of the molecule is O=C(Nc1cccc([N+](=O)[O-])c1)C1CCCN(c2ccc(-c3ccc(F)cc3)nn2)C1. The number of piperidine rings is 1. The highest BCUT2D eigenvalue weighted by Gasteiger charge is 2.27. The Morgan fingerprint density at radius 3 is 2.65 bits per heavy atom. The van der Waals surface area contributed by atoms with Crippen molar-refractivity contribution in [3.63, 3.8) is 0 Å². The maximum absolute atomic E-state index is 13.1. The fourth-order valence-corrected chi connectivity index (χ4v) is 3.61. The van der Waals surface area contributed by atoms with Crippen molar-refractivity contribution >= 4 is 23.1 Å². The van der Waals surface area contributed by atoms with Gasteiger partial charge in [-0.05, 0) is 55.3 Å². The minimum absolute atomic E-state index is 0.0698. The number of nitro benzene ring substituents is 1. The second-order valence-electron chi connectivity index (χ2n) is 7.37. The summed E-state index contributed by atoms with van der Waals surface area (Å²) in [4.78, 5) is 25.2. The molecule has 1 N–H and O–H groups in total. The topological polar surface area (TPSA) is 101 Å². The molecule has 158 valence electrons. The number of non-ortho nitro benzene ring substituents is 1. The van der Waals surface area contributed by atoms with Gasteiger partial charge in [0.25, 0.3) is 5.69 Å². The first kappa shape index (κ1) is 20.4. The first-order valence-corrected chi connectivity index (χ1v) is 9.89. The highest BCUT2D eigenvalue weighted by atomic mass is 19.1. The summed E-state index contributed by atoms with van der Waals surface area (Å²) in [5, 5.41) is 22.2. The molecule has 1 amide bonds.